The topological polar surface area (TPSA) is 79.7 Å². The van der Waals surface area contributed by atoms with Crippen LogP contribution < -0.4 is 11.0 Å². The van der Waals surface area contributed by atoms with E-state index in [0.717, 1.165) is 10.2 Å². The average molecular weight is 508 g/mol. The highest BCUT2D eigenvalue weighted by atomic mass is 19.1. The molecule has 2 aromatic carbocycles. The molecule has 1 aliphatic heterocycles. The van der Waals surface area contributed by atoms with Crippen LogP contribution in [0.4, 0.5) is 4.39 Å². The normalized spacial score (nSPS) is 16.9. The Bertz CT molecular complexity index is 1440. The third-order valence-corrected chi connectivity index (χ3v) is 7.41. The quantitative estimate of drug-likeness (QED) is 0.382. The second-order valence-electron chi connectivity index (χ2n) is 11.7. The number of fused-ring (bicyclic) bond motifs is 1. The van der Waals surface area contributed by atoms with Crippen molar-refractivity contribution in [3.05, 3.63) is 63.3 Å². The predicted molar refractivity (Wildman–Crippen MR) is 142 cm³/mol. The summed E-state index contributed by atoms with van der Waals surface area (Å²) in [7, 11) is -0.764. The van der Waals surface area contributed by atoms with Gasteiger partial charge in [-0.05, 0) is 68.8 Å². The first kappa shape index (κ1) is 27.0. The number of nitrogens with zero attached hydrogens (tertiary/aromatic N) is 2. The minimum atomic E-state index is -0.764. The zero-order valence-electron chi connectivity index (χ0n) is 23.0. The summed E-state index contributed by atoms with van der Waals surface area (Å²) in [5, 5.41) is 4.79. The first-order valence-electron chi connectivity index (χ1n) is 12.4. The van der Waals surface area contributed by atoms with Crippen LogP contribution >= 0.6 is 0 Å². The first-order chi connectivity index (χ1) is 17.0. The van der Waals surface area contributed by atoms with Crippen molar-refractivity contribution in [2.75, 3.05) is 0 Å². The lowest BCUT2D eigenvalue weighted by Crippen LogP contribution is -2.41. The number of aromatic nitrogens is 2. The van der Waals surface area contributed by atoms with E-state index >= 15 is 4.39 Å². The van der Waals surface area contributed by atoms with Crippen molar-refractivity contribution in [1.82, 2.24) is 9.78 Å². The van der Waals surface area contributed by atoms with E-state index in [-0.39, 0.29) is 17.4 Å². The largest absolute Gasteiger partial charge is 0.495 e. The second kappa shape index (κ2) is 9.06. The van der Waals surface area contributed by atoms with E-state index in [2.05, 4.69) is 5.10 Å². The van der Waals surface area contributed by atoms with E-state index in [9.17, 15) is 9.59 Å². The van der Waals surface area contributed by atoms with Crippen LogP contribution in [-0.4, -0.2) is 34.1 Å². The molecule has 0 saturated carbocycles. The highest BCUT2D eigenvalue weighted by Crippen LogP contribution is 2.37. The molecule has 0 N–H and O–H groups in total. The number of halogens is 1. The molecule has 0 unspecified atom stereocenters. The lowest BCUT2D eigenvalue weighted by molar-refractivity contribution is -0.142. The van der Waals surface area contributed by atoms with Crippen molar-refractivity contribution < 1.29 is 23.2 Å². The van der Waals surface area contributed by atoms with Gasteiger partial charge in [-0.15, -0.1) is 0 Å². The molecule has 0 atom stereocenters. The lowest BCUT2D eigenvalue weighted by atomic mass is 9.75. The van der Waals surface area contributed by atoms with E-state index in [1.54, 1.807) is 25.1 Å². The minimum Gasteiger partial charge on any atom is -0.461 e. The van der Waals surface area contributed by atoms with Crippen molar-refractivity contribution in [3.63, 3.8) is 0 Å². The first-order valence-corrected chi connectivity index (χ1v) is 12.4. The Morgan fingerprint density at radius 2 is 1.78 bits per heavy atom. The molecule has 0 aliphatic carbocycles. The van der Waals surface area contributed by atoms with E-state index in [0.29, 0.717) is 27.7 Å². The molecular weight excluding hydrogens is 474 g/mol. The molecular formula is C28H34BFN2O5. The van der Waals surface area contributed by atoms with Crippen LogP contribution in [-0.2, 0) is 30.9 Å². The van der Waals surface area contributed by atoms with Crippen molar-refractivity contribution in [2.24, 2.45) is 0 Å². The molecule has 1 aromatic heterocycles. The zero-order chi connectivity index (χ0) is 27.5. The summed E-state index contributed by atoms with van der Waals surface area (Å²) < 4.78 is 34.6. The van der Waals surface area contributed by atoms with Gasteiger partial charge in [0, 0.05) is 17.9 Å². The Hall–Kier alpha value is -3.04. The minimum absolute atomic E-state index is 0.0417. The maximum absolute atomic E-state index is 15.6. The van der Waals surface area contributed by atoms with Crippen LogP contribution in [0.5, 0.6) is 0 Å². The molecule has 2 heterocycles. The van der Waals surface area contributed by atoms with Gasteiger partial charge in [-0.3, -0.25) is 9.59 Å². The summed E-state index contributed by atoms with van der Waals surface area (Å²) in [4.78, 5) is 25.4. The molecule has 196 valence electrons. The van der Waals surface area contributed by atoms with Gasteiger partial charge >= 0.3 is 13.1 Å². The Balaban J connectivity index is 1.94. The molecule has 3 aromatic rings. The summed E-state index contributed by atoms with van der Waals surface area (Å²) in [6.45, 7) is 16.6. The fraction of sp³-hybridized carbons (Fsp3) is 0.464. The van der Waals surface area contributed by atoms with Crippen LogP contribution in [0.25, 0.3) is 16.5 Å². The Morgan fingerprint density at radius 1 is 1.16 bits per heavy atom. The number of benzene rings is 2. The van der Waals surface area contributed by atoms with Gasteiger partial charge in [-0.1, -0.05) is 32.9 Å². The summed E-state index contributed by atoms with van der Waals surface area (Å²) in [5.74, 6) is -1.04. The predicted octanol–water partition coefficient (Wildman–Crippen LogP) is 4.49. The Morgan fingerprint density at radius 3 is 2.35 bits per heavy atom. The summed E-state index contributed by atoms with van der Waals surface area (Å²) in [6, 6.07) is 7.06. The van der Waals surface area contributed by atoms with Crippen LogP contribution in [0, 0.1) is 12.7 Å². The summed E-state index contributed by atoms with van der Waals surface area (Å²) >= 11 is 0. The molecule has 7 nitrogen and oxygen atoms in total. The molecule has 4 rings (SSSR count). The van der Waals surface area contributed by atoms with Crippen molar-refractivity contribution >= 4 is 29.3 Å². The zero-order valence-corrected chi connectivity index (χ0v) is 23.0. The van der Waals surface area contributed by atoms with E-state index in [1.165, 1.54) is 13.1 Å². The lowest BCUT2D eigenvalue weighted by Gasteiger charge is -2.32. The second-order valence-corrected chi connectivity index (χ2v) is 11.7. The molecule has 37 heavy (non-hydrogen) atoms. The van der Waals surface area contributed by atoms with Gasteiger partial charge in [0.2, 0.25) is 0 Å². The van der Waals surface area contributed by atoms with Crippen molar-refractivity contribution in [3.8, 4) is 5.69 Å². The third-order valence-electron chi connectivity index (χ3n) is 7.41. The van der Waals surface area contributed by atoms with Gasteiger partial charge in [0.25, 0.3) is 5.56 Å². The van der Waals surface area contributed by atoms with Crippen molar-refractivity contribution in [2.45, 2.75) is 85.5 Å². The summed E-state index contributed by atoms with van der Waals surface area (Å²) in [5.41, 5.74) is 0.592. The highest BCUT2D eigenvalue weighted by molar-refractivity contribution is 6.62. The van der Waals surface area contributed by atoms with Gasteiger partial charge in [-0.2, -0.15) is 9.78 Å². The van der Waals surface area contributed by atoms with Gasteiger partial charge in [0.15, 0.2) is 0 Å². The maximum atomic E-state index is 15.6. The van der Waals surface area contributed by atoms with Crippen LogP contribution in [0.2, 0.25) is 0 Å². The number of carbonyl (C=O) groups is 1. The fourth-order valence-corrected chi connectivity index (χ4v) is 4.63. The Kier molecular flexibility index (Phi) is 6.62. The molecule has 1 fully saturated rings. The molecule has 0 bridgehead atoms. The number of hydrogen-bond acceptors (Lipinski definition) is 6. The molecule has 0 spiro atoms. The number of rotatable bonds is 4. The number of ether oxygens (including phenoxy) is 1. The van der Waals surface area contributed by atoms with E-state index in [4.69, 9.17) is 14.0 Å². The van der Waals surface area contributed by atoms with Crippen LogP contribution in [0.3, 0.4) is 0 Å². The smallest absolute Gasteiger partial charge is 0.461 e. The molecule has 0 amide bonds. The van der Waals surface area contributed by atoms with Crippen molar-refractivity contribution in [1.29, 1.82) is 0 Å². The number of carbonyl (C=O) groups excluding carboxylic acids is 1. The van der Waals surface area contributed by atoms with E-state index < -0.39 is 35.7 Å². The van der Waals surface area contributed by atoms with Gasteiger partial charge in [0.05, 0.1) is 28.5 Å². The Labute approximate surface area is 217 Å². The van der Waals surface area contributed by atoms with E-state index in [1.807, 2.05) is 54.5 Å². The SMILES string of the molecule is CC(=O)OCc1c(B2OC(C)(C)C(C)(C)O2)cccc1-n1ncc2cc(C(C)(C)C)c(C)c(F)c2c1=O. The number of esters is 1. The molecule has 0 radical (unpaired) electrons. The highest BCUT2D eigenvalue weighted by Gasteiger charge is 2.52. The van der Waals surface area contributed by atoms with Crippen LogP contribution in [0.15, 0.2) is 35.3 Å². The third kappa shape index (κ3) is 4.70. The maximum Gasteiger partial charge on any atom is 0.495 e. The number of hydrogen-bond donors (Lipinski definition) is 0. The summed E-state index contributed by atoms with van der Waals surface area (Å²) in [6.07, 6.45) is 1.49. The van der Waals surface area contributed by atoms with Gasteiger partial charge < -0.3 is 14.0 Å². The standard InChI is InChI=1S/C28H34BFN2O5/c1-16-20(26(3,4)5)13-18-14-31-32(25(34)23(18)24(16)30)22-12-10-11-21(19(22)15-35-17(2)33)29-36-27(6,7)28(8,9)37-29/h10-14H,15H2,1-9H3. The molecule has 1 saturated heterocycles. The average Bonchev–Trinajstić information content (AvgIpc) is 3.00. The van der Waals surface area contributed by atoms with Gasteiger partial charge in [-0.25, -0.2) is 4.39 Å². The van der Waals surface area contributed by atoms with Gasteiger partial charge in [0.1, 0.15) is 12.4 Å². The monoisotopic (exact) mass is 508 g/mol. The molecule has 1 aliphatic rings. The fourth-order valence-electron chi connectivity index (χ4n) is 4.63. The molecule has 9 heteroatoms. The van der Waals surface area contributed by atoms with Crippen LogP contribution in [0.1, 0.15) is 72.1 Å².